The van der Waals surface area contributed by atoms with Crippen molar-refractivity contribution in [2.45, 2.75) is 193 Å². The lowest BCUT2D eigenvalue weighted by molar-refractivity contribution is -0.198. The molecule has 8 nitrogen and oxygen atoms in total. The number of β-amino-alcohol motifs (C(OH)–C–C–N with tert-alkyl or cyclic N) is 1. The fraction of sp³-hybridized carbons (Fsp3) is 0.714. The molecular weight excluding hydrogens is 797 g/mol. The summed E-state index contributed by atoms with van der Waals surface area (Å²) in [7, 11) is 0. The molecule has 2 aromatic carbocycles. The number of aliphatic hydroxyl groups is 2. The maximum absolute atomic E-state index is 15.2. The van der Waals surface area contributed by atoms with Crippen LogP contribution < -0.4 is 11.1 Å². The maximum atomic E-state index is 15.2. The monoisotopic (exact) mass is 877 g/mol. The summed E-state index contributed by atoms with van der Waals surface area (Å²) in [5.74, 6) is 1.75. The number of carbonyl (C=O) groups is 2. The quantitative estimate of drug-likeness (QED) is 0.124. The molecule has 0 radical (unpaired) electrons. The molecule has 8 heteroatoms. The number of hydrogen-bond donors (Lipinski definition) is 5. The van der Waals surface area contributed by atoms with E-state index < -0.39 is 22.7 Å². The molecule has 0 spiro atoms. The molecule has 15 atom stereocenters. The largest absolute Gasteiger partial charge is 0.508 e. The molecule has 6 N–H and O–H groups in total. The van der Waals surface area contributed by atoms with Crippen molar-refractivity contribution < 1.29 is 29.6 Å². The minimum Gasteiger partial charge on any atom is -0.508 e. The maximum Gasteiger partial charge on any atom is 0.159 e. The highest BCUT2D eigenvalue weighted by Gasteiger charge is 2.72. The molecule has 64 heavy (non-hydrogen) atoms. The van der Waals surface area contributed by atoms with Crippen molar-refractivity contribution in [2.75, 3.05) is 12.3 Å². The molecule has 9 rings (SSSR count). The molecule has 2 saturated heterocycles. The number of rotatable bonds is 9. The van der Waals surface area contributed by atoms with Gasteiger partial charge < -0.3 is 31.1 Å². The van der Waals surface area contributed by atoms with Crippen LogP contribution in [-0.4, -0.2) is 62.9 Å². The van der Waals surface area contributed by atoms with Gasteiger partial charge in [-0.05, 0) is 171 Å². The number of ketones is 2. The van der Waals surface area contributed by atoms with Gasteiger partial charge in [-0.2, -0.15) is 0 Å². The summed E-state index contributed by atoms with van der Waals surface area (Å²) in [4.78, 5) is 29.9. The van der Waals surface area contributed by atoms with E-state index in [9.17, 15) is 20.1 Å². The number of fused-ring (bicyclic) bond motifs is 4. The van der Waals surface area contributed by atoms with E-state index >= 15 is 4.79 Å². The van der Waals surface area contributed by atoms with Gasteiger partial charge in [-0.15, -0.1) is 0 Å². The van der Waals surface area contributed by atoms with Crippen LogP contribution in [0.4, 0.5) is 5.69 Å². The first-order chi connectivity index (χ1) is 30.0. The van der Waals surface area contributed by atoms with Gasteiger partial charge in [-0.1, -0.05) is 91.5 Å². The van der Waals surface area contributed by atoms with Crippen LogP contribution in [0.15, 0.2) is 53.6 Å². The fourth-order valence-electron chi connectivity index (χ4n) is 16.8. The first-order valence-corrected chi connectivity index (χ1v) is 25.4. The van der Waals surface area contributed by atoms with E-state index in [1.54, 1.807) is 12.1 Å². The van der Waals surface area contributed by atoms with Crippen LogP contribution in [0.25, 0.3) is 0 Å². The lowest BCUT2D eigenvalue weighted by atomic mass is 9.34. The number of ether oxygens (including phenoxy) is 1. The Morgan fingerprint density at radius 3 is 2.39 bits per heavy atom. The van der Waals surface area contributed by atoms with Crippen LogP contribution in [0.5, 0.6) is 5.75 Å². The molecule has 0 aromatic heterocycles. The lowest BCUT2D eigenvalue weighted by Gasteiger charge is -2.71. The smallest absolute Gasteiger partial charge is 0.159 e. The molecular formula is C56H80N2O6. The molecule has 4 saturated carbocycles. The number of nitrogens with one attached hydrogen (secondary N) is 1. The van der Waals surface area contributed by atoms with Gasteiger partial charge in [0, 0.05) is 41.4 Å². The second kappa shape index (κ2) is 16.0. The van der Waals surface area contributed by atoms with Crippen molar-refractivity contribution in [3.63, 3.8) is 0 Å². The number of phenols is 1. The average molecular weight is 877 g/mol. The first-order valence-electron chi connectivity index (χ1n) is 25.4. The molecule has 2 heterocycles. The Balaban J connectivity index is 1.01. The Labute approximate surface area is 384 Å². The molecule has 5 aliphatic carbocycles. The van der Waals surface area contributed by atoms with Crippen LogP contribution in [0.2, 0.25) is 0 Å². The molecule has 0 unspecified atom stereocenters. The van der Waals surface area contributed by atoms with Gasteiger partial charge in [0.25, 0.3) is 0 Å². The van der Waals surface area contributed by atoms with Gasteiger partial charge in [0.05, 0.1) is 17.3 Å². The molecule has 0 amide bonds. The van der Waals surface area contributed by atoms with E-state index in [2.05, 4.69) is 78.9 Å². The second-order valence-electron chi connectivity index (χ2n) is 24.5. The van der Waals surface area contributed by atoms with Crippen LogP contribution in [-0.2, 0) is 20.7 Å². The highest BCUT2D eigenvalue weighted by atomic mass is 16.6. The van der Waals surface area contributed by atoms with E-state index in [0.717, 1.165) is 81.0 Å². The third-order valence-electron chi connectivity index (χ3n) is 19.6. The van der Waals surface area contributed by atoms with Gasteiger partial charge in [-0.25, -0.2) is 0 Å². The zero-order chi connectivity index (χ0) is 45.9. The van der Waals surface area contributed by atoms with Crippen LogP contribution >= 0.6 is 0 Å². The number of aliphatic hydroxyl groups excluding tert-OH is 1. The summed E-state index contributed by atoms with van der Waals surface area (Å²) in [5.41, 5.74) is 10.2. The molecule has 0 bridgehead atoms. The summed E-state index contributed by atoms with van der Waals surface area (Å²) < 4.78 is 6.60. The zero-order valence-electron chi connectivity index (χ0n) is 40.6. The van der Waals surface area contributed by atoms with Gasteiger partial charge in [0.15, 0.2) is 5.78 Å². The number of anilines is 1. The second-order valence-corrected chi connectivity index (χ2v) is 24.5. The average Bonchev–Trinajstić information content (AvgIpc) is 3.50. The SMILES string of the molecule is CC(C)Cc1cc(N)cc([C@H]2CCC[C@H]2[C@@]2(C)O[C@@H]2[C@H](O)C[C@@H](C)C2=C3CC[C@@H]4[C@]5(C)C[C@H](c6cccc(O)c6)C(=O)[C@]6(C)CCCC[C@@](C)(O)CN[C@@H](C[C@]4(C)[C@@]3(C)CC2=O)[C@H]56)c1. The number of carbonyl (C=O) groups excluding carboxylic acids is 2. The molecule has 2 aliphatic heterocycles. The van der Waals surface area contributed by atoms with Crippen LogP contribution in [0, 0.1) is 51.2 Å². The Bertz CT molecular complexity index is 2200. The van der Waals surface area contributed by atoms with Crippen LogP contribution in [0.3, 0.4) is 0 Å². The number of phenolic OH excluding ortho intramolecular Hbond substituents is 1. The van der Waals surface area contributed by atoms with E-state index in [1.165, 1.54) is 16.7 Å². The highest BCUT2D eigenvalue weighted by Crippen LogP contribution is 2.75. The topological polar surface area (TPSA) is 145 Å². The van der Waals surface area contributed by atoms with E-state index in [-0.39, 0.29) is 69.4 Å². The van der Waals surface area contributed by atoms with Gasteiger partial charge in [0.2, 0.25) is 0 Å². The molecule has 350 valence electrons. The Hall–Kier alpha value is -3.04. The van der Waals surface area contributed by atoms with Gasteiger partial charge in [0.1, 0.15) is 17.6 Å². The summed E-state index contributed by atoms with van der Waals surface area (Å²) in [6.07, 6.45) is 10.8. The molecule has 6 fully saturated rings. The summed E-state index contributed by atoms with van der Waals surface area (Å²) in [6, 6.07) is 14.0. The minimum absolute atomic E-state index is 0.0253. The van der Waals surface area contributed by atoms with Gasteiger partial charge >= 0.3 is 0 Å². The fourth-order valence-corrected chi connectivity index (χ4v) is 16.8. The Kier molecular flexibility index (Phi) is 11.6. The number of nitrogen functional groups attached to an aromatic ring is 1. The predicted octanol–water partition coefficient (Wildman–Crippen LogP) is 10.4. The van der Waals surface area contributed by atoms with Crippen molar-refractivity contribution in [3.8, 4) is 5.75 Å². The van der Waals surface area contributed by atoms with Crippen molar-refractivity contribution >= 4 is 17.3 Å². The lowest BCUT2D eigenvalue weighted by Crippen LogP contribution is -2.70. The standard InChI is InChI=1S/C56H80N2O6/c1-32(2)22-34-24-36(26-37(57)25-34)39-16-13-17-41(39)56(9)50(64-56)44(60)23-33(3)47-42-18-19-46-53(6)28-40(35-14-12-15-38(59)27-35)49(62)52(5)21-11-10-20-51(4,63)31-58-43(48(52)53)29-55(46,8)54(42,7)30-45(47)61/h12,14-15,24-27,32-33,39-41,43-44,46,48,50,58-60,63H,10-11,13,16-23,28-31,57H2,1-9H3/t33-,39-,40-,41-,43+,44-,46-,48+,50-,51-,52-,53+,54+,55+,56-/m1/s1. The van der Waals surface area contributed by atoms with E-state index in [1.807, 2.05) is 19.1 Å². The number of nitrogens with two attached hydrogens (primary N) is 1. The van der Waals surface area contributed by atoms with Crippen molar-refractivity contribution in [1.82, 2.24) is 5.32 Å². The van der Waals surface area contributed by atoms with E-state index in [4.69, 9.17) is 10.5 Å². The Morgan fingerprint density at radius 1 is 0.906 bits per heavy atom. The minimum atomic E-state index is -0.856. The number of aromatic hydroxyl groups is 1. The van der Waals surface area contributed by atoms with Crippen LogP contribution in [0.1, 0.15) is 174 Å². The first kappa shape index (κ1) is 46.1. The van der Waals surface area contributed by atoms with Crippen molar-refractivity contribution in [1.29, 1.82) is 0 Å². The summed E-state index contributed by atoms with van der Waals surface area (Å²) in [6.45, 7) is 20.8. The Morgan fingerprint density at radius 2 is 1.66 bits per heavy atom. The number of benzene rings is 2. The highest BCUT2D eigenvalue weighted by molar-refractivity contribution is 6.00. The molecule has 7 aliphatic rings. The summed E-state index contributed by atoms with van der Waals surface area (Å²) in [5, 5.41) is 38.3. The number of hydrogen-bond acceptors (Lipinski definition) is 8. The number of epoxide rings is 1. The number of Topliss-reactive ketones (excluding diaryl/α,β-unsaturated/α-hetero) is 2. The summed E-state index contributed by atoms with van der Waals surface area (Å²) >= 11 is 0. The van der Waals surface area contributed by atoms with Gasteiger partial charge in [-0.3, -0.25) is 9.59 Å². The zero-order valence-corrected chi connectivity index (χ0v) is 40.6. The third-order valence-corrected chi connectivity index (χ3v) is 19.6. The normalized spacial score (nSPS) is 43.1. The van der Waals surface area contributed by atoms with E-state index in [0.29, 0.717) is 50.0 Å². The van der Waals surface area contributed by atoms with Crippen molar-refractivity contribution in [2.24, 2.45) is 51.2 Å². The number of allylic oxidation sites excluding steroid dienone is 2. The predicted molar refractivity (Wildman–Crippen MR) is 254 cm³/mol. The molecule has 2 aromatic rings. The third kappa shape index (κ3) is 7.37. The van der Waals surface area contributed by atoms with Crippen molar-refractivity contribution in [3.05, 3.63) is 70.3 Å².